The summed E-state index contributed by atoms with van der Waals surface area (Å²) in [5, 5.41) is 6.85. The number of aromatic nitrogens is 5. The first kappa shape index (κ1) is 27.9. The fraction of sp³-hybridized carbons (Fsp3) is 0. The van der Waals surface area contributed by atoms with Gasteiger partial charge in [0.15, 0.2) is 11.6 Å². The first-order valence-electron chi connectivity index (χ1n) is 17.0. The molecule has 7 aromatic carbocycles. The van der Waals surface area contributed by atoms with E-state index >= 15 is 0 Å². The van der Waals surface area contributed by atoms with Crippen molar-refractivity contribution in [2.45, 2.75) is 0 Å². The third kappa shape index (κ3) is 4.14. The lowest BCUT2D eigenvalue weighted by Crippen LogP contribution is -2.06. The van der Waals surface area contributed by atoms with Crippen LogP contribution in [0.2, 0.25) is 0 Å². The molecule has 0 bridgehead atoms. The number of hydrogen-bond donors (Lipinski definition) is 0. The predicted octanol–water partition coefficient (Wildman–Crippen LogP) is 11.3. The molecule has 0 fully saturated rings. The zero-order chi connectivity index (χ0) is 33.5. The van der Waals surface area contributed by atoms with E-state index in [0.29, 0.717) is 17.6 Å². The highest BCUT2D eigenvalue weighted by Gasteiger charge is 2.20. The maximum Gasteiger partial charge on any atom is 0.238 e. The summed E-state index contributed by atoms with van der Waals surface area (Å²) in [7, 11) is 0. The van der Waals surface area contributed by atoms with Crippen LogP contribution in [-0.4, -0.2) is 24.1 Å². The Morgan fingerprint density at radius 3 is 1.51 bits per heavy atom. The van der Waals surface area contributed by atoms with Gasteiger partial charge in [0, 0.05) is 38.1 Å². The summed E-state index contributed by atoms with van der Waals surface area (Å²) in [6.45, 7) is 0. The van der Waals surface area contributed by atoms with Gasteiger partial charge in [-0.05, 0) is 48.5 Å². The first-order valence-corrected chi connectivity index (χ1v) is 17.0. The molecule has 0 saturated heterocycles. The summed E-state index contributed by atoms with van der Waals surface area (Å²) in [5.41, 5.74) is 8.85. The quantitative estimate of drug-likeness (QED) is 0.190. The summed E-state index contributed by atoms with van der Waals surface area (Å²) in [5.74, 6) is 1.75. The summed E-state index contributed by atoms with van der Waals surface area (Å²) in [4.78, 5) is 15.3. The molecule has 0 atom stereocenters. The van der Waals surface area contributed by atoms with Gasteiger partial charge in [0.2, 0.25) is 5.95 Å². The second kappa shape index (κ2) is 10.7. The summed E-state index contributed by atoms with van der Waals surface area (Å²) in [6, 6.07) is 56.7. The van der Waals surface area contributed by atoms with Crippen LogP contribution in [0.4, 0.5) is 0 Å². The Labute approximate surface area is 291 Å². The minimum Gasteiger partial charge on any atom is -0.456 e. The zero-order valence-electron chi connectivity index (χ0n) is 27.2. The monoisotopic (exact) mass is 653 g/mol. The maximum atomic E-state index is 6.62. The number of benzene rings is 7. The first-order chi connectivity index (χ1) is 25.3. The molecule has 238 valence electrons. The van der Waals surface area contributed by atoms with Crippen molar-refractivity contribution in [1.82, 2.24) is 24.1 Å². The van der Waals surface area contributed by atoms with Crippen molar-refractivity contribution in [3.05, 3.63) is 164 Å². The van der Waals surface area contributed by atoms with Crippen molar-refractivity contribution in [3.8, 4) is 34.4 Å². The van der Waals surface area contributed by atoms with Gasteiger partial charge in [-0.2, -0.15) is 9.97 Å². The number of rotatable bonds is 4. The molecule has 11 aromatic rings. The molecule has 0 aliphatic heterocycles. The Balaban J connectivity index is 1.14. The Morgan fingerprint density at radius 1 is 0.373 bits per heavy atom. The minimum atomic E-state index is 0.564. The highest BCUT2D eigenvalue weighted by Crippen LogP contribution is 2.40. The van der Waals surface area contributed by atoms with Gasteiger partial charge in [-0.1, -0.05) is 115 Å². The predicted molar refractivity (Wildman–Crippen MR) is 207 cm³/mol. The van der Waals surface area contributed by atoms with Gasteiger partial charge in [0.05, 0.1) is 33.1 Å². The Hall–Kier alpha value is -7.05. The average molecular weight is 654 g/mol. The standard InChI is InChI=1S/C45H27N5O/c1-2-13-28(14-3-1)43-46-44(48-45(47-43)50-37-21-10-6-17-32(37)33-18-7-11-22-38(33)50)29-25-26-34-41(27-29)51-40-24-12-23-39(42(34)40)49-35-19-8-4-15-30(35)31-16-5-9-20-36(31)49/h1-27H. The lowest BCUT2D eigenvalue weighted by atomic mass is 10.1. The van der Waals surface area contributed by atoms with Gasteiger partial charge >= 0.3 is 0 Å². The van der Waals surface area contributed by atoms with Crippen LogP contribution in [0, 0.1) is 0 Å². The lowest BCUT2D eigenvalue weighted by molar-refractivity contribution is 0.669. The molecule has 0 aliphatic rings. The SMILES string of the molecule is c1ccc(-c2nc(-c3ccc4c(c3)oc3cccc(-n5c6ccccc6c6ccccc65)c34)nc(-n3c4ccccc4c4ccccc43)n2)cc1. The van der Waals surface area contributed by atoms with E-state index in [4.69, 9.17) is 19.4 Å². The minimum absolute atomic E-state index is 0.564. The normalized spacial score (nSPS) is 11.9. The van der Waals surface area contributed by atoms with E-state index in [1.54, 1.807) is 0 Å². The molecular weight excluding hydrogens is 627 g/mol. The lowest BCUT2D eigenvalue weighted by Gasteiger charge is -2.11. The number of para-hydroxylation sites is 4. The van der Waals surface area contributed by atoms with Gasteiger partial charge < -0.3 is 8.98 Å². The number of furan rings is 1. The van der Waals surface area contributed by atoms with E-state index in [-0.39, 0.29) is 0 Å². The fourth-order valence-corrected chi connectivity index (χ4v) is 7.76. The molecule has 11 rings (SSSR count). The van der Waals surface area contributed by atoms with Crippen LogP contribution in [0.1, 0.15) is 0 Å². The Kier molecular flexibility index (Phi) is 5.86. The smallest absolute Gasteiger partial charge is 0.238 e. The van der Waals surface area contributed by atoms with Crippen LogP contribution < -0.4 is 0 Å². The van der Waals surface area contributed by atoms with Crippen molar-refractivity contribution < 1.29 is 4.42 Å². The highest BCUT2D eigenvalue weighted by atomic mass is 16.3. The topological polar surface area (TPSA) is 61.7 Å². The summed E-state index contributed by atoms with van der Waals surface area (Å²) in [6.07, 6.45) is 0. The van der Waals surface area contributed by atoms with Crippen molar-refractivity contribution in [2.24, 2.45) is 0 Å². The molecule has 0 saturated carbocycles. The average Bonchev–Trinajstić information content (AvgIpc) is 3.86. The van der Waals surface area contributed by atoms with Gasteiger partial charge in [0.25, 0.3) is 0 Å². The van der Waals surface area contributed by atoms with E-state index in [0.717, 1.165) is 71.6 Å². The maximum absolute atomic E-state index is 6.62. The molecule has 0 aliphatic carbocycles. The Bertz CT molecular complexity index is 3040. The van der Waals surface area contributed by atoms with Crippen LogP contribution in [0.3, 0.4) is 0 Å². The van der Waals surface area contributed by atoms with Crippen LogP contribution in [0.15, 0.2) is 168 Å². The molecular formula is C45H27N5O. The van der Waals surface area contributed by atoms with E-state index < -0.39 is 0 Å². The Morgan fingerprint density at radius 2 is 0.902 bits per heavy atom. The molecule has 0 unspecified atom stereocenters. The van der Waals surface area contributed by atoms with E-state index in [9.17, 15) is 0 Å². The fourth-order valence-electron chi connectivity index (χ4n) is 7.76. The van der Waals surface area contributed by atoms with Crippen molar-refractivity contribution in [1.29, 1.82) is 0 Å². The largest absolute Gasteiger partial charge is 0.456 e. The second-order valence-corrected chi connectivity index (χ2v) is 12.9. The molecule has 6 nitrogen and oxygen atoms in total. The number of nitrogens with zero attached hydrogens (tertiary/aromatic N) is 5. The van der Waals surface area contributed by atoms with Crippen molar-refractivity contribution >= 4 is 65.6 Å². The van der Waals surface area contributed by atoms with Crippen molar-refractivity contribution in [3.63, 3.8) is 0 Å². The van der Waals surface area contributed by atoms with E-state index in [1.165, 1.54) is 10.8 Å². The van der Waals surface area contributed by atoms with Gasteiger partial charge in [-0.25, -0.2) is 4.98 Å². The molecule has 0 spiro atoms. The van der Waals surface area contributed by atoms with Crippen LogP contribution in [0.25, 0.3) is 100.0 Å². The third-order valence-corrected chi connectivity index (χ3v) is 9.99. The van der Waals surface area contributed by atoms with E-state index in [1.807, 2.05) is 36.4 Å². The number of fused-ring (bicyclic) bond motifs is 9. The van der Waals surface area contributed by atoms with Crippen LogP contribution in [0.5, 0.6) is 0 Å². The molecule has 51 heavy (non-hydrogen) atoms. The van der Waals surface area contributed by atoms with Gasteiger partial charge in [-0.15, -0.1) is 0 Å². The van der Waals surface area contributed by atoms with Crippen LogP contribution >= 0.6 is 0 Å². The van der Waals surface area contributed by atoms with E-state index in [2.05, 4.69) is 137 Å². The van der Waals surface area contributed by atoms with Crippen LogP contribution in [-0.2, 0) is 0 Å². The molecule has 6 heteroatoms. The molecule has 4 heterocycles. The molecule has 0 radical (unpaired) electrons. The van der Waals surface area contributed by atoms with Gasteiger partial charge in [0.1, 0.15) is 11.2 Å². The summed E-state index contributed by atoms with van der Waals surface area (Å²) >= 11 is 0. The van der Waals surface area contributed by atoms with Crippen molar-refractivity contribution in [2.75, 3.05) is 0 Å². The molecule has 0 N–H and O–H groups in total. The highest BCUT2D eigenvalue weighted by molar-refractivity contribution is 6.14. The zero-order valence-corrected chi connectivity index (χ0v) is 27.2. The second-order valence-electron chi connectivity index (χ2n) is 12.9. The third-order valence-electron chi connectivity index (χ3n) is 9.99. The van der Waals surface area contributed by atoms with Gasteiger partial charge in [-0.3, -0.25) is 4.57 Å². The number of hydrogen-bond acceptors (Lipinski definition) is 4. The molecule has 0 amide bonds. The molecule has 4 aromatic heterocycles. The summed E-state index contributed by atoms with van der Waals surface area (Å²) < 4.78 is 11.1.